The summed E-state index contributed by atoms with van der Waals surface area (Å²) in [5.74, 6) is 0.412. The Labute approximate surface area is 156 Å². The maximum atomic E-state index is 12.5. The first-order valence-electron chi connectivity index (χ1n) is 9.83. The largest absolute Gasteiger partial charge is 0.323 e. The molecule has 1 amide bonds. The number of anilines is 1. The van der Waals surface area contributed by atoms with Gasteiger partial charge in [0.2, 0.25) is 15.9 Å². The summed E-state index contributed by atoms with van der Waals surface area (Å²) >= 11 is 0. The number of nitrogens with zero attached hydrogens (tertiary/aromatic N) is 2. The Balaban J connectivity index is 1.67. The van der Waals surface area contributed by atoms with Crippen molar-refractivity contribution in [3.05, 3.63) is 11.9 Å². The second-order valence-corrected chi connectivity index (χ2v) is 9.62. The molecule has 26 heavy (non-hydrogen) atoms. The molecule has 1 atom stereocenters. The lowest BCUT2D eigenvalue weighted by molar-refractivity contribution is -0.119. The average Bonchev–Trinajstić information content (AvgIpc) is 3.32. The molecule has 2 N–H and O–H groups in total. The second-order valence-electron chi connectivity index (χ2n) is 7.53. The third-order valence-electron chi connectivity index (χ3n) is 5.59. The average molecular weight is 383 g/mol. The molecule has 2 fully saturated rings. The highest BCUT2D eigenvalue weighted by molar-refractivity contribution is 7.89. The molecule has 0 aromatic carbocycles. The van der Waals surface area contributed by atoms with Crippen molar-refractivity contribution in [2.45, 2.75) is 64.2 Å². The standard InChI is InChI=1S/C18H30N4O3S/c1-2-3-11-26(24,25)22-10-6-9-15(13-22)17-16(12-19-21-17)20-18(23)14-7-4-5-8-14/h12,14-15H,2-11,13H2,1H3,(H,19,21)(H,20,23). The molecule has 1 aromatic rings. The summed E-state index contributed by atoms with van der Waals surface area (Å²) in [5, 5.41) is 10.1. The molecule has 2 heterocycles. The molecule has 2 aliphatic rings. The molecule has 146 valence electrons. The van der Waals surface area contributed by atoms with Crippen LogP contribution in [-0.2, 0) is 14.8 Å². The van der Waals surface area contributed by atoms with Gasteiger partial charge in [0, 0.05) is 24.9 Å². The highest BCUT2D eigenvalue weighted by Crippen LogP contribution is 2.33. The fraction of sp³-hybridized carbons (Fsp3) is 0.778. The number of sulfonamides is 1. The Morgan fingerprint density at radius 1 is 1.31 bits per heavy atom. The first kappa shape index (κ1) is 19.4. The minimum Gasteiger partial charge on any atom is -0.323 e. The maximum absolute atomic E-state index is 12.5. The number of H-pyrrole nitrogens is 1. The Kier molecular flexibility index (Phi) is 6.34. The molecule has 1 saturated heterocycles. The highest BCUT2D eigenvalue weighted by atomic mass is 32.2. The molecule has 1 aliphatic heterocycles. The van der Waals surface area contributed by atoms with Crippen LogP contribution in [0.3, 0.4) is 0 Å². The van der Waals surface area contributed by atoms with E-state index in [-0.39, 0.29) is 23.5 Å². The van der Waals surface area contributed by atoms with E-state index in [0.29, 0.717) is 25.2 Å². The van der Waals surface area contributed by atoms with E-state index in [0.717, 1.165) is 50.6 Å². The van der Waals surface area contributed by atoms with Gasteiger partial charge >= 0.3 is 0 Å². The van der Waals surface area contributed by atoms with E-state index in [1.54, 1.807) is 10.5 Å². The molecule has 3 rings (SSSR count). The van der Waals surface area contributed by atoms with E-state index < -0.39 is 10.0 Å². The van der Waals surface area contributed by atoms with Crippen molar-refractivity contribution < 1.29 is 13.2 Å². The SMILES string of the molecule is CCCCS(=O)(=O)N1CCCC(c2[nH]ncc2NC(=O)C2CCCC2)C1. The molecular weight excluding hydrogens is 352 g/mol. The Bertz CT molecular complexity index is 710. The van der Waals surface area contributed by atoms with Crippen molar-refractivity contribution in [3.63, 3.8) is 0 Å². The number of hydrogen-bond acceptors (Lipinski definition) is 4. The summed E-state index contributed by atoms with van der Waals surface area (Å²) in [6, 6.07) is 0. The smallest absolute Gasteiger partial charge is 0.227 e. The number of unbranched alkanes of at least 4 members (excludes halogenated alkanes) is 1. The van der Waals surface area contributed by atoms with Gasteiger partial charge in [-0.05, 0) is 32.1 Å². The summed E-state index contributed by atoms with van der Waals surface area (Å²) in [7, 11) is -3.21. The van der Waals surface area contributed by atoms with Crippen molar-refractivity contribution in [3.8, 4) is 0 Å². The van der Waals surface area contributed by atoms with Crippen molar-refractivity contribution in [2.24, 2.45) is 5.92 Å². The van der Waals surface area contributed by atoms with E-state index in [9.17, 15) is 13.2 Å². The summed E-state index contributed by atoms with van der Waals surface area (Å²) in [6.07, 6.45) is 9.06. The van der Waals surface area contributed by atoms with Crippen LogP contribution < -0.4 is 5.32 Å². The summed E-state index contributed by atoms with van der Waals surface area (Å²) in [6.45, 7) is 3.04. The Hall–Kier alpha value is -1.41. The molecule has 8 heteroatoms. The summed E-state index contributed by atoms with van der Waals surface area (Å²) in [4.78, 5) is 12.4. The van der Waals surface area contributed by atoms with Gasteiger partial charge in [0.1, 0.15) is 0 Å². The number of aromatic nitrogens is 2. The predicted octanol–water partition coefficient (Wildman–Crippen LogP) is 2.85. The van der Waals surface area contributed by atoms with Gasteiger partial charge < -0.3 is 5.32 Å². The van der Waals surface area contributed by atoms with Gasteiger partial charge in [-0.25, -0.2) is 12.7 Å². The molecular formula is C18H30N4O3S. The van der Waals surface area contributed by atoms with Gasteiger partial charge in [0.05, 0.1) is 23.3 Å². The van der Waals surface area contributed by atoms with Crippen LogP contribution in [0.2, 0.25) is 0 Å². The monoisotopic (exact) mass is 382 g/mol. The van der Waals surface area contributed by atoms with Crippen LogP contribution in [0.5, 0.6) is 0 Å². The number of nitrogens with one attached hydrogen (secondary N) is 2. The minimum absolute atomic E-state index is 0.0431. The predicted molar refractivity (Wildman–Crippen MR) is 101 cm³/mol. The molecule has 1 aliphatic carbocycles. The van der Waals surface area contributed by atoms with Crippen molar-refractivity contribution in [1.29, 1.82) is 0 Å². The minimum atomic E-state index is -3.21. The van der Waals surface area contributed by atoms with Gasteiger partial charge in [0.25, 0.3) is 0 Å². The lowest BCUT2D eigenvalue weighted by atomic mass is 9.95. The first-order chi connectivity index (χ1) is 12.5. The normalized spacial score (nSPS) is 22.6. The molecule has 7 nitrogen and oxygen atoms in total. The van der Waals surface area contributed by atoms with Crippen LogP contribution in [0.15, 0.2) is 6.20 Å². The lowest BCUT2D eigenvalue weighted by Crippen LogP contribution is -2.40. The number of amides is 1. The van der Waals surface area contributed by atoms with Gasteiger partial charge in [-0.15, -0.1) is 0 Å². The number of carbonyl (C=O) groups is 1. The molecule has 1 aromatic heterocycles. The maximum Gasteiger partial charge on any atom is 0.227 e. The number of piperidine rings is 1. The fourth-order valence-electron chi connectivity index (χ4n) is 4.02. The molecule has 0 radical (unpaired) electrons. The molecule has 1 unspecified atom stereocenters. The van der Waals surface area contributed by atoms with Crippen LogP contribution in [0.4, 0.5) is 5.69 Å². The van der Waals surface area contributed by atoms with Crippen molar-refractivity contribution >= 4 is 21.6 Å². The topological polar surface area (TPSA) is 95.2 Å². The zero-order valence-corrected chi connectivity index (χ0v) is 16.4. The number of aromatic amines is 1. The highest BCUT2D eigenvalue weighted by Gasteiger charge is 2.32. The van der Waals surface area contributed by atoms with Gasteiger partial charge in [-0.2, -0.15) is 5.10 Å². The van der Waals surface area contributed by atoms with Crippen LogP contribution >= 0.6 is 0 Å². The van der Waals surface area contributed by atoms with Gasteiger partial charge in [-0.1, -0.05) is 26.2 Å². The van der Waals surface area contributed by atoms with E-state index in [1.807, 2.05) is 6.92 Å². The third kappa shape index (κ3) is 4.46. The first-order valence-corrected chi connectivity index (χ1v) is 11.4. The van der Waals surface area contributed by atoms with Crippen LogP contribution in [0.1, 0.15) is 69.9 Å². The third-order valence-corrected chi connectivity index (χ3v) is 7.52. The number of rotatable bonds is 7. The summed E-state index contributed by atoms with van der Waals surface area (Å²) < 4.78 is 26.7. The van der Waals surface area contributed by atoms with Gasteiger partial charge in [-0.3, -0.25) is 9.89 Å². The quantitative estimate of drug-likeness (QED) is 0.758. The van der Waals surface area contributed by atoms with Crippen molar-refractivity contribution in [2.75, 3.05) is 24.2 Å². The zero-order chi connectivity index (χ0) is 18.6. The molecule has 0 spiro atoms. The second kappa shape index (κ2) is 8.52. The van der Waals surface area contributed by atoms with E-state index in [4.69, 9.17) is 0 Å². The van der Waals surface area contributed by atoms with Gasteiger partial charge in [0.15, 0.2) is 0 Å². The van der Waals surface area contributed by atoms with Crippen LogP contribution in [-0.4, -0.2) is 47.7 Å². The Morgan fingerprint density at radius 3 is 2.81 bits per heavy atom. The Morgan fingerprint density at radius 2 is 2.08 bits per heavy atom. The van der Waals surface area contributed by atoms with Crippen LogP contribution in [0.25, 0.3) is 0 Å². The fourth-order valence-corrected chi connectivity index (χ4v) is 5.74. The van der Waals surface area contributed by atoms with E-state index >= 15 is 0 Å². The number of hydrogen-bond donors (Lipinski definition) is 2. The van der Waals surface area contributed by atoms with Crippen molar-refractivity contribution in [1.82, 2.24) is 14.5 Å². The van der Waals surface area contributed by atoms with E-state index in [2.05, 4.69) is 15.5 Å². The molecule has 1 saturated carbocycles. The zero-order valence-electron chi connectivity index (χ0n) is 15.5. The number of carbonyl (C=O) groups excluding carboxylic acids is 1. The lowest BCUT2D eigenvalue weighted by Gasteiger charge is -2.32. The van der Waals surface area contributed by atoms with Crippen LogP contribution in [0, 0.1) is 5.92 Å². The molecule has 0 bridgehead atoms. The summed E-state index contributed by atoms with van der Waals surface area (Å²) in [5.41, 5.74) is 1.56. The van der Waals surface area contributed by atoms with E-state index in [1.165, 1.54) is 0 Å².